The average molecular weight is 428 g/mol. The SMILES string of the molecule is C1=[N+](c2cccc3ccccc23)B(Oc2ccccc2)OCC1c1cccc2ccccc12. The number of hydrogen-bond donors (Lipinski definition) is 0. The second kappa shape index (κ2) is 8.57. The van der Waals surface area contributed by atoms with Gasteiger partial charge in [0.15, 0.2) is 5.69 Å². The number of nitrogens with zero attached hydrogens (tertiary/aromatic N) is 1. The third kappa shape index (κ3) is 3.79. The van der Waals surface area contributed by atoms with Crippen LogP contribution in [0.4, 0.5) is 5.69 Å². The van der Waals surface area contributed by atoms with Crippen molar-refractivity contribution in [3.05, 3.63) is 121 Å². The van der Waals surface area contributed by atoms with E-state index in [2.05, 4.69) is 95.6 Å². The Labute approximate surface area is 193 Å². The molecule has 5 aromatic carbocycles. The van der Waals surface area contributed by atoms with Gasteiger partial charge in [-0.1, -0.05) is 91.0 Å². The van der Waals surface area contributed by atoms with Crippen LogP contribution in [0, 0.1) is 0 Å². The van der Waals surface area contributed by atoms with E-state index >= 15 is 0 Å². The molecule has 0 spiro atoms. The van der Waals surface area contributed by atoms with Crippen LogP contribution in [-0.4, -0.2) is 24.6 Å². The quantitative estimate of drug-likeness (QED) is 0.302. The Hall–Kier alpha value is -3.89. The van der Waals surface area contributed by atoms with E-state index in [1.807, 2.05) is 30.3 Å². The molecule has 0 radical (unpaired) electrons. The van der Waals surface area contributed by atoms with Crippen LogP contribution in [-0.2, 0) is 4.65 Å². The molecule has 1 heterocycles. The zero-order valence-electron chi connectivity index (χ0n) is 18.2. The number of rotatable bonds is 4. The van der Waals surface area contributed by atoms with E-state index in [0.717, 1.165) is 11.4 Å². The summed E-state index contributed by atoms with van der Waals surface area (Å²) in [4.78, 5) is 0. The second-order valence-electron chi connectivity index (χ2n) is 8.30. The summed E-state index contributed by atoms with van der Waals surface area (Å²) in [6.07, 6.45) is 2.26. The van der Waals surface area contributed by atoms with Gasteiger partial charge in [-0.15, -0.1) is 0 Å². The van der Waals surface area contributed by atoms with Gasteiger partial charge in [0.2, 0.25) is 0 Å². The Morgan fingerprint density at radius 1 is 0.667 bits per heavy atom. The Morgan fingerprint density at radius 2 is 1.30 bits per heavy atom. The molecule has 4 heteroatoms. The maximum absolute atomic E-state index is 6.39. The fourth-order valence-electron chi connectivity index (χ4n) is 4.65. The molecule has 0 aromatic heterocycles. The minimum Gasteiger partial charge on any atom is -0.474 e. The van der Waals surface area contributed by atoms with Gasteiger partial charge in [-0.25, -0.2) is 4.49 Å². The molecular formula is C29H23BNO2+. The van der Waals surface area contributed by atoms with Crippen LogP contribution in [0.15, 0.2) is 115 Å². The lowest BCUT2D eigenvalue weighted by atomic mass is 9.90. The molecule has 0 N–H and O–H groups in total. The molecule has 1 aliphatic heterocycles. The molecule has 6 rings (SSSR count). The molecule has 0 aliphatic carbocycles. The summed E-state index contributed by atoms with van der Waals surface area (Å²) < 4.78 is 14.8. The summed E-state index contributed by atoms with van der Waals surface area (Å²) >= 11 is 0. The fraction of sp³-hybridized carbons (Fsp3) is 0.0690. The summed E-state index contributed by atoms with van der Waals surface area (Å²) in [7, 11) is -0.551. The molecule has 5 aromatic rings. The number of fused-ring (bicyclic) bond motifs is 2. The zero-order chi connectivity index (χ0) is 22.0. The smallest absolute Gasteiger partial charge is 0.474 e. The normalized spacial score (nSPS) is 16.1. The van der Waals surface area contributed by atoms with Crippen LogP contribution in [0.3, 0.4) is 0 Å². The highest BCUT2D eigenvalue weighted by molar-refractivity contribution is 6.38. The molecule has 1 atom stereocenters. The Kier molecular flexibility index (Phi) is 5.13. The average Bonchev–Trinajstić information content (AvgIpc) is 2.89. The summed E-state index contributed by atoms with van der Waals surface area (Å²) in [6, 6.07) is 39.7. The van der Waals surface area contributed by atoms with Crippen molar-refractivity contribution in [2.75, 3.05) is 6.61 Å². The van der Waals surface area contributed by atoms with E-state index in [0.29, 0.717) is 6.61 Å². The largest absolute Gasteiger partial charge is 0.921 e. The van der Waals surface area contributed by atoms with Gasteiger partial charge in [0, 0.05) is 6.07 Å². The maximum Gasteiger partial charge on any atom is 0.921 e. The van der Waals surface area contributed by atoms with Gasteiger partial charge in [-0.05, 0) is 39.9 Å². The van der Waals surface area contributed by atoms with E-state index < -0.39 is 7.25 Å². The molecule has 0 amide bonds. The molecule has 0 saturated heterocycles. The predicted molar refractivity (Wildman–Crippen MR) is 135 cm³/mol. The van der Waals surface area contributed by atoms with Crippen molar-refractivity contribution in [2.24, 2.45) is 0 Å². The van der Waals surface area contributed by atoms with E-state index in [4.69, 9.17) is 9.31 Å². The first-order chi connectivity index (χ1) is 16.4. The van der Waals surface area contributed by atoms with E-state index in [1.165, 1.54) is 27.1 Å². The minimum atomic E-state index is -0.551. The Bertz CT molecular complexity index is 1450. The highest BCUT2D eigenvalue weighted by Crippen LogP contribution is 2.32. The molecule has 1 unspecified atom stereocenters. The van der Waals surface area contributed by atoms with Gasteiger partial charge in [0.05, 0.1) is 17.9 Å². The van der Waals surface area contributed by atoms with Gasteiger partial charge >= 0.3 is 7.25 Å². The number of benzene rings is 5. The molecule has 0 bridgehead atoms. The lowest BCUT2D eigenvalue weighted by molar-refractivity contribution is -0.329. The van der Waals surface area contributed by atoms with Crippen LogP contribution in [0.25, 0.3) is 21.5 Å². The second-order valence-corrected chi connectivity index (χ2v) is 8.30. The summed E-state index contributed by atoms with van der Waals surface area (Å²) in [6.45, 7) is 0.548. The van der Waals surface area contributed by atoms with Crippen molar-refractivity contribution in [3.8, 4) is 5.75 Å². The third-order valence-electron chi connectivity index (χ3n) is 6.23. The third-order valence-corrected chi connectivity index (χ3v) is 6.23. The Morgan fingerprint density at radius 3 is 2.12 bits per heavy atom. The van der Waals surface area contributed by atoms with E-state index in [-0.39, 0.29) is 5.92 Å². The van der Waals surface area contributed by atoms with Crippen molar-refractivity contribution in [1.82, 2.24) is 0 Å². The monoisotopic (exact) mass is 428 g/mol. The maximum atomic E-state index is 6.39. The van der Waals surface area contributed by atoms with Gasteiger partial charge in [0.1, 0.15) is 12.0 Å². The number of hydrogen-bond acceptors (Lipinski definition) is 2. The van der Waals surface area contributed by atoms with Gasteiger partial charge in [0.25, 0.3) is 0 Å². The topological polar surface area (TPSA) is 21.5 Å². The molecule has 1 aliphatic rings. The Balaban J connectivity index is 1.50. The van der Waals surface area contributed by atoms with Crippen molar-refractivity contribution < 1.29 is 13.8 Å². The lowest BCUT2D eigenvalue weighted by Gasteiger charge is -2.22. The van der Waals surface area contributed by atoms with Crippen molar-refractivity contribution in [3.63, 3.8) is 0 Å². The highest BCUT2D eigenvalue weighted by Gasteiger charge is 2.47. The summed E-state index contributed by atoms with van der Waals surface area (Å²) in [5.41, 5.74) is 2.33. The van der Waals surface area contributed by atoms with E-state index in [1.54, 1.807) is 0 Å². The molecule has 33 heavy (non-hydrogen) atoms. The molecule has 158 valence electrons. The standard InChI is InChI=1S/C29H23BNO2/c1-2-14-25(15-3-1)33-30-31(29-19-9-13-23-11-5-7-17-28(23)29)20-24(21-32-30)27-18-8-12-22-10-4-6-16-26(22)27/h1-20,24H,21H2/q+1. The van der Waals surface area contributed by atoms with E-state index in [9.17, 15) is 0 Å². The van der Waals surface area contributed by atoms with Gasteiger partial charge < -0.3 is 9.31 Å². The first-order valence-electron chi connectivity index (χ1n) is 11.3. The van der Waals surface area contributed by atoms with Crippen LogP contribution in [0.2, 0.25) is 0 Å². The minimum absolute atomic E-state index is 0.102. The predicted octanol–water partition coefficient (Wildman–Crippen LogP) is 6.59. The first kappa shape index (κ1) is 19.8. The molecule has 3 nitrogen and oxygen atoms in total. The highest BCUT2D eigenvalue weighted by atomic mass is 16.6. The van der Waals surface area contributed by atoms with Crippen molar-refractivity contribution >= 4 is 40.7 Å². The summed E-state index contributed by atoms with van der Waals surface area (Å²) in [5, 5.41) is 4.85. The van der Waals surface area contributed by atoms with Crippen LogP contribution < -0.4 is 4.65 Å². The molecule has 0 fully saturated rings. The van der Waals surface area contributed by atoms with Gasteiger partial charge in [-0.3, -0.25) is 0 Å². The van der Waals surface area contributed by atoms with Gasteiger partial charge in [-0.2, -0.15) is 0 Å². The van der Waals surface area contributed by atoms with Crippen LogP contribution in [0.1, 0.15) is 11.5 Å². The zero-order valence-corrected chi connectivity index (χ0v) is 18.2. The lowest BCUT2D eigenvalue weighted by Crippen LogP contribution is -2.44. The summed E-state index contributed by atoms with van der Waals surface area (Å²) in [5.74, 6) is 0.885. The van der Waals surface area contributed by atoms with Crippen LogP contribution >= 0.6 is 0 Å². The van der Waals surface area contributed by atoms with Crippen LogP contribution in [0.5, 0.6) is 5.75 Å². The molecule has 0 saturated carbocycles. The van der Waals surface area contributed by atoms with Crippen molar-refractivity contribution in [1.29, 1.82) is 0 Å². The number of para-hydroxylation sites is 1. The first-order valence-corrected chi connectivity index (χ1v) is 11.3. The van der Waals surface area contributed by atoms with Crippen molar-refractivity contribution in [2.45, 2.75) is 5.92 Å². The molecular weight excluding hydrogens is 405 g/mol. The fourth-order valence-corrected chi connectivity index (χ4v) is 4.65.